The molecule has 0 aliphatic heterocycles. The highest BCUT2D eigenvalue weighted by Gasteiger charge is 2.24. The SMILES string of the molecule is CC(C)c1ccc(S(=O)CCC2CCCC2=O)cc1. The van der Waals surface area contributed by atoms with Crippen molar-refractivity contribution in [2.75, 3.05) is 5.75 Å². The number of benzene rings is 1. The lowest BCUT2D eigenvalue weighted by molar-refractivity contribution is -0.120. The molecule has 1 fully saturated rings. The normalized spacial score (nSPS) is 21.0. The average molecular weight is 278 g/mol. The molecule has 0 bridgehead atoms. The summed E-state index contributed by atoms with van der Waals surface area (Å²) < 4.78 is 12.2. The van der Waals surface area contributed by atoms with E-state index in [4.69, 9.17) is 0 Å². The number of Topliss-reactive ketones (excluding diaryl/α,β-unsaturated/α-hetero) is 1. The Kier molecular flexibility index (Phi) is 4.92. The van der Waals surface area contributed by atoms with Gasteiger partial charge >= 0.3 is 0 Å². The minimum atomic E-state index is -0.968. The molecule has 0 amide bonds. The Balaban J connectivity index is 1.90. The van der Waals surface area contributed by atoms with E-state index in [1.807, 2.05) is 12.1 Å². The van der Waals surface area contributed by atoms with Crippen LogP contribution in [0.3, 0.4) is 0 Å². The minimum absolute atomic E-state index is 0.166. The smallest absolute Gasteiger partial charge is 0.136 e. The minimum Gasteiger partial charge on any atom is -0.299 e. The first-order valence-corrected chi connectivity index (χ1v) is 8.41. The van der Waals surface area contributed by atoms with Crippen LogP contribution < -0.4 is 0 Å². The van der Waals surface area contributed by atoms with Gasteiger partial charge in [-0.3, -0.25) is 9.00 Å². The van der Waals surface area contributed by atoms with Crippen LogP contribution in [0, 0.1) is 5.92 Å². The van der Waals surface area contributed by atoms with Crippen LogP contribution in [0.15, 0.2) is 29.2 Å². The molecule has 19 heavy (non-hydrogen) atoms. The highest BCUT2D eigenvalue weighted by atomic mass is 32.2. The third-order valence-electron chi connectivity index (χ3n) is 3.89. The van der Waals surface area contributed by atoms with Gasteiger partial charge in [-0.2, -0.15) is 0 Å². The first kappa shape index (κ1) is 14.4. The van der Waals surface area contributed by atoms with Crippen molar-refractivity contribution in [2.45, 2.75) is 50.3 Å². The molecule has 1 saturated carbocycles. The molecule has 2 atom stereocenters. The summed E-state index contributed by atoms with van der Waals surface area (Å²) in [6.45, 7) is 4.30. The number of hydrogen-bond acceptors (Lipinski definition) is 2. The van der Waals surface area contributed by atoms with Crippen molar-refractivity contribution in [3.63, 3.8) is 0 Å². The summed E-state index contributed by atoms with van der Waals surface area (Å²) >= 11 is 0. The molecular weight excluding hydrogens is 256 g/mol. The molecule has 0 N–H and O–H groups in total. The molecule has 0 heterocycles. The fraction of sp³-hybridized carbons (Fsp3) is 0.562. The Bertz CT molecular complexity index is 462. The van der Waals surface area contributed by atoms with Crippen molar-refractivity contribution in [1.29, 1.82) is 0 Å². The molecule has 2 nitrogen and oxygen atoms in total. The van der Waals surface area contributed by atoms with Gasteiger partial charge in [-0.15, -0.1) is 0 Å². The standard InChI is InChI=1S/C16H22O2S/c1-12(2)13-6-8-15(9-7-13)19(18)11-10-14-4-3-5-16(14)17/h6-9,12,14H,3-5,10-11H2,1-2H3. The van der Waals surface area contributed by atoms with Gasteiger partial charge in [-0.1, -0.05) is 26.0 Å². The number of carbonyl (C=O) groups excluding carboxylic acids is 1. The van der Waals surface area contributed by atoms with Crippen LogP contribution in [-0.4, -0.2) is 15.7 Å². The van der Waals surface area contributed by atoms with E-state index in [1.165, 1.54) is 5.56 Å². The van der Waals surface area contributed by atoms with E-state index < -0.39 is 10.8 Å². The van der Waals surface area contributed by atoms with Gasteiger partial charge in [-0.05, 0) is 42.9 Å². The first-order valence-electron chi connectivity index (χ1n) is 7.09. The van der Waals surface area contributed by atoms with Crippen LogP contribution in [0.2, 0.25) is 0 Å². The van der Waals surface area contributed by atoms with Crippen molar-refractivity contribution < 1.29 is 9.00 Å². The monoisotopic (exact) mass is 278 g/mol. The Morgan fingerprint density at radius 1 is 1.26 bits per heavy atom. The zero-order valence-corrected chi connectivity index (χ0v) is 12.5. The van der Waals surface area contributed by atoms with Crippen molar-refractivity contribution in [1.82, 2.24) is 0 Å². The second kappa shape index (κ2) is 6.47. The molecule has 1 aromatic carbocycles. The molecule has 0 aromatic heterocycles. The maximum absolute atomic E-state index is 12.2. The lowest BCUT2D eigenvalue weighted by atomic mass is 10.0. The van der Waals surface area contributed by atoms with Crippen molar-refractivity contribution in [3.8, 4) is 0 Å². The Labute approximate surface area is 118 Å². The number of ketones is 1. The lowest BCUT2D eigenvalue weighted by Gasteiger charge is -2.09. The van der Waals surface area contributed by atoms with Gasteiger partial charge in [0.1, 0.15) is 5.78 Å². The topological polar surface area (TPSA) is 34.1 Å². The Hall–Kier alpha value is -0.960. The van der Waals surface area contributed by atoms with Gasteiger partial charge in [0.2, 0.25) is 0 Å². The first-order chi connectivity index (χ1) is 9.08. The van der Waals surface area contributed by atoms with Crippen LogP contribution in [0.1, 0.15) is 51.0 Å². The molecule has 1 aromatic rings. The zero-order valence-electron chi connectivity index (χ0n) is 11.7. The van der Waals surface area contributed by atoms with Crippen molar-refractivity contribution in [2.24, 2.45) is 5.92 Å². The van der Waals surface area contributed by atoms with E-state index in [-0.39, 0.29) is 5.92 Å². The molecule has 3 heteroatoms. The Morgan fingerprint density at radius 3 is 2.47 bits per heavy atom. The summed E-state index contributed by atoms with van der Waals surface area (Å²) in [5, 5.41) is 0. The second-order valence-electron chi connectivity index (χ2n) is 5.62. The van der Waals surface area contributed by atoms with Gasteiger partial charge in [0.05, 0.1) is 10.8 Å². The summed E-state index contributed by atoms with van der Waals surface area (Å²) in [5.74, 6) is 1.64. The molecule has 1 aliphatic rings. The van der Waals surface area contributed by atoms with E-state index >= 15 is 0 Å². The fourth-order valence-corrected chi connectivity index (χ4v) is 3.74. The van der Waals surface area contributed by atoms with Crippen molar-refractivity contribution in [3.05, 3.63) is 29.8 Å². The highest BCUT2D eigenvalue weighted by molar-refractivity contribution is 7.85. The van der Waals surface area contributed by atoms with Crippen LogP contribution in [0.25, 0.3) is 0 Å². The predicted molar refractivity (Wildman–Crippen MR) is 78.8 cm³/mol. The Morgan fingerprint density at radius 2 is 1.95 bits per heavy atom. The van der Waals surface area contributed by atoms with Crippen LogP contribution in [0.4, 0.5) is 0 Å². The molecule has 0 spiro atoms. The molecule has 2 unspecified atom stereocenters. The summed E-state index contributed by atoms with van der Waals surface area (Å²) in [6.07, 6.45) is 3.50. The van der Waals surface area contributed by atoms with E-state index in [1.54, 1.807) is 0 Å². The summed E-state index contributed by atoms with van der Waals surface area (Å²) in [5.41, 5.74) is 1.27. The molecule has 1 aliphatic carbocycles. The quantitative estimate of drug-likeness (QED) is 0.823. The fourth-order valence-electron chi connectivity index (χ4n) is 2.56. The summed E-state index contributed by atoms with van der Waals surface area (Å²) in [7, 11) is -0.968. The van der Waals surface area contributed by atoms with E-state index in [9.17, 15) is 9.00 Å². The third kappa shape index (κ3) is 3.75. The molecule has 0 saturated heterocycles. The van der Waals surface area contributed by atoms with E-state index in [0.717, 1.165) is 30.6 Å². The van der Waals surface area contributed by atoms with Crippen LogP contribution in [-0.2, 0) is 15.6 Å². The number of hydrogen-bond donors (Lipinski definition) is 0. The highest BCUT2D eigenvalue weighted by Crippen LogP contribution is 2.25. The molecule has 104 valence electrons. The molecule has 0 radical (unpaired) electrons. The van der Waals surface area contributed by atoms with E-state index in [2.05, 4.69) is 26.0 Å². The van der Waals surface area contributed by atoms with Crippen molar-refractivity contribution >= 4 is 16.6 Å². The molecular formula is C16H22O2S. The van der Waals surface area contributed by atoms with Gasteiger partial charge < -0.3 is 0 Å². The molecule has 2 rings (SSSR count). The third-order valence-corrected chi connectivity index (χ3v) is 5.30. The maximum atomic E-state index is 12.2. The van der Waals surface area contributed by atoms with Crippen LogP contribution >= 0.6 is 0 Å². The predicted octanol–water partition coefficient (Wildman–Crippen LogP) is 3.68. The largest absolute Gasteiger partial charge is 0.299 e. The maximum Gasteiger partial charge on any atom is 0.136 e. The van der Waals surface area contributed by atoms with Gasteiger partial charge in [0, 0.05) is 23.0 Å². The van der Waals surface area contributed by atoms with Crippen LogP contribution in [0.5, 0.6) is 0 Å². The number of carbonyl (C=O) groups is 1. The second-order valence-corrected chi connectivity index (χ2v) is 7.19. The number of rotatable bonds is 5. The average Bonchev–Trinajstić information content (AvgIpc) is 2.81. The van der Waals surface area contributed by atoms with Gasteiger partial charge in [0.25, 0.3) is 0 Å². The van der Waals surface area contributed by atoms with Gasteiger partial charge in [0.15, 0.2) is 0 Å². The lowest BCUT2D eigenvalue weighted by Crippen LogP contribution is -2.10. The zero-order chi connectivity index (χ0) is 13.8. The summed E-state index contributed by atoms with van der Waals surface area (Å²) in [6, 6.07) is 8.03. The summed E-state index contributed by atoms with van der Waals surface area (Å²) in [4.78, 5) is 12.4. The van der Waals surface area contributed by atoms with Gasteiger partial charge in [-0.25, -0.2) is 0 Å². The van der Waals surface area contributed by atoms with E-state index in [0.29, 0.717) is 17.5 Å².